The number of ketones is 1. The number of likely N-dealkylation sites (N-methyl/N-ethyl adjacent to an activating group) is 1. The third-order valence-corrected chi connectivity index (χ3v) is 11.4. The van der Waals surface area contributed by atoms with E-state index in [1.54, 1.807) is 12.2 Å². The molecule has 1 aliphatic carbocycles. The summed E-state index contributed by atoms with van der Waals surface area (Å²) in [4.78, 5) is 50.3. The lowest BCUT2D eigenvalue weighted by Gasteiger charge is -2.28. The number of allylic oxidation sites excluding steroid dienone is 9. The van der Waals surface area contributed by atoms with Crippen molar-refractivity contribution in [2.45, 2.75) is 167 Å². The average molecular weight is 880 g/mol. The highest BCUT2D eigenvalue weighted by molar-refractivity contribution is 7.45. The van der Waals surface area contributed by atoms with Crippen molar-refractivity contribution in [3.8, 4) is 0 Å². The van der Waals surface area contributed by atoms with E-state index in [4.69, 9.17) is 18.5 Å². The van der Waals surface area contributed by atoms with Crippen molar-refractivity contribution >= 4 is 25.5 Å². The van der Waals surface area contributed by atoms with Crippen molar-refractivity contribution in [2.75, 3.05) is 47.5 Å². The Balaban J connectivity index is 2.54. The lowest BCUT2D eigenvalue weighted by molar-refractivity contribution is -0.870. The van der Waals surface area contributed by atoms with Crippen LogP contribution in [0.25, 0.3) is 0 Å². The molecule has 0 spiro atoms. The Morgan fingerprint density at radius 1 is 0.787 bits per heavy atom. The van der Waals surface area contributed by atoms with Crippen molar-refractivity contribution in [2.24, 2.45) is 11.8 Å². The van der Waals surface area contributed by atoms with E-state index < -0.39 is 50.6 Å². The van der Waals surface area contributed by atoms with Crippen molar-refractivity contribution in [3.63, 3.8) is 0 Å². The lowest BCUT2D eigenvalue weighted by atomic mass is 9.90. The first-order chi connectivity index (χ1) is 29.2. The number of esters is 2. The predicted molar refractivity (Wildman–Crippen MR) is 241 cm³/mol. The highest BCUT2D eigenvalue weighted by Gasteiger charge is 2.39. The molecule has 0 aromatic carbocycles. The third kappa shape index (κ3) is 31.7. The van der Waals surface area contributed by atoms with Crippen LogP contribution in [0, 0.1) is 11.8 Å². The van der Waals surface area contributed by atoms with Crippen LogP contribution in [0.4, 0.5) is 0 Å². The van der Waals surface area contributed by atoms with Crippen LogP contribution in [-0.2, 0) is 37.5 Å². The zero-order valence-electron chi connectivity index (χ0n) is 38.3. The molecule has 0 aromatic rings. The first kappa shape index (κ1) is 56.3. The molecule has 13 heteroatoms. The van der Waals surface area contributed by atoms with Gasteiger partial charge in [-0.15, -0.1) is 0 Å². The maximum atomic E-state index is 12.8. The third-order valence-electron chi connectivity index (χ3n) is 10.4. The fourth-order valence-electron chi connectivity index (χ4n) is 6.65. The number of rotatable bonds is 37. The van der Waals surface area contributed by atoms with E-state index >= 15 is 0 Å². The van der Waals surface area contributed by atoms with Crippen LogP contribution >= 0.6 is 7.82 Å². The van der Waals surface area contributed by atoms with Crippen LogP contribution in [0.2, 0.25) is 0 Å². The van der Waals surface area contributed by atoms with E-state index in [9.17, 15) is 34.1 Å². The Morgan fingerprint density at radius 2 is 1.36 bits per heavy atom. The number of unbranched alkanes of at least 4 members (excludes halogenated alkanes) is 10. The van der Waals surface area contributed by atoms with Gasteiger partial charge < -0.3 is 38.1 Å². The number of carbonyl (C=O) groups excluding carboxylic acids is 3. The van der Waals surface area contributed by atoms with Crippen LogP contribution < -0.4 is 4.89 Å². The van der Waals surface area contributed by atoms with Crippen LogP contribution in [0.15, 0.2) is 60.8 Å². The molecule has 0 amide bonds. The molecule has 0 radical (unpaired) electrons. The zero-order chi connectivity index (χ0) is 45.2. The Morgan fingerprint density at radius 3 is 2.02 bits per heavy atom. The van der Waals surface area contributed by atoms with Gasteiger partial charge in [-0.05, 0) is 64.2 Å². The molecule has 12 nitrogen and oxygen atoms in total. The minimum absolute atomic E-state index is 0.0210. The van der Waals surface area contributed by atoms with Crippen molar-refractivity contribution in [1.29, 1.82) is 0 Å². The number of quaternary nitrogens is 1. The predicted octanol–water partition coefficient (Wildman–Crippen LogP) is 9.20. The summed E-state index contributed by atoms with van der Waals surface area (Å²) in [5.74, 6) is -1.88. The lowest BCUT2D eigenvalue weighted by Crippen LogP contribution is -2.37. The van der Waals surface area contributed by atoms with Gasteiger partial charge in [0.1, 0.15) is 25.5 Å². The number of nitrogens with zero attached hydrogens (tertiary/aromatic N) is 1. The molecule has 1 saturated carbocycles. The molecular formula is C48H82NO11P. The zero-order valence-corrected chi connectivity index (χ0v) is 39.2. The van der Waals surface area contributed by atoms with Gasteiger partial charge in [0.2, 0.25) is 0 Å². The smallest absolute Gasteiger partial charge is 0.306 e. The normalized spacial score (nSPS) is 19.5. The summed E-state index contributed by atoms with van der Waals surface area (Å²) in [6.07, 6.45) is 34.8. The molecule has 6 atom stereocenters. The molecule has 1 fully saturated rings. The minimum Gasteiger partial charge on any atom is -0.756 e. The maximum absolute atomic E-state index is 12.8. The number of phosphoric ester groups is 1. The van der Waals surface area contributed by atoms with Crippen molar-refractivity contribution in [1.82, 2.24) is 0 Å². The molecule has 1 unspecified atom stereocenters. The molecule has 61 heavy (non-hydrogen) atoms. The van der Waals surface area contributed by atoms with Gasteiger partial charge in [0.15, 0.2) is 6.10 Å². The topological polar surface area (TPSA) is 169 Å². The number of hydrogen-bond donors (Lipinski definition) is 2. The summed E-state index contributed by atoms with van der Waals surface area (Å²) in [7, 11) is 0.968. The highest BCUT2D eigenvalue weighted by atomic mass is 31.2. The summed E-state index contributed by atoms with van der Waals surface area (Å²) in [5, 5.41) is 20.8. The average Bonchev–Trinajstić information content (AvgIpc) is 3.47. The van der Waals surface area contributed by atoms with E-state index in [1.807, 2.05) is 39.4 Å². The summed E-state index contributed by atoms with van der Waals surface area (Å²) in [6, 6.07) is 0. The molecule has 0 saturated heterocycles. The summed E-state index contributed by atoms with van der Waals surface area (Å²) >= 11 is 0. The van der Waals surface area contributed by atoms with Gasteiger partial charge in [-0.2, -0.15) is 0 Å². The molecule has 1 rings (SSSR count). The van der Waals surface area contributed by atoms with Crippen LogP contribution in [0.1, 0.15) is 149 Å². The minimum atomic E-state index is -4.72. The SMILES string of the molecule is CCCCCCCC/C=C\C/C=C\C/C=C\CCCC(=O)OC[C@H](COP(=O)([O-])OCC[N+](C)(C)C)OC(=O)CCC/C=C\C[C@H]1[C@@H](O)CC(=O)[C@@H]1/C=C/[C@@H](O)CCCCC. The van der Waals surface area contributed by atoms with E-state index in [1.165, 1.54) is 38.5 Å². The first-order valence-corrected chi connectivity index (χ1v) is 24.6. The van der Waals surface area contributed by atoms with Gasteiger partial charge in [0, 0.05) is 31.1 Å². The van der Waals surface area contributed by atoms with Gasteiger partial charge in [-0.25, -0.2) is 0 Å². The van der Waals surface area contributed by atoms with Gasteiger partial charge >= 0.3 is 11.9 Å². The van der Waals surface area contributed by atoms with Gasteiger partial charge in [0.25, 0.3) is 7.82 Å². The van der Waals surface area contributed by atoms with Crippen molar-refractivity contribution < 1.29 is 57.1 Å². The fraction of sp³-hybridized carbons (Fsp3) is 0.729. The second-order valence-electron chi connectivity index (χ2n) is 17.2. The Kier molecular flexibility index (Phi) is 32.1. The summed E-state index contributed by atoms with van der Waals surface area (Å²) in [5.41, 5.74) is 0. The number of hydrogen-bond acceptors (Lipinski definition) is 11. The Hall–Kier alpha value is -2.70. The second kappa shape index (κ2) is 34.7. The van der Waals surface area contributed by atoms with Gasteiger partial charge in [0.05, 0.1) is 40.0 Å². The van der Waals surface area contributed by atoms with Crippen LogP contribution in [0.5, 0.6) is 0 Å². The molecular weight excluding hydrogens is 797 g/mol. The monoisotopic (exact) mass is 880 g/mol. The van der Waals surface area contributed by atoms with Gasteiger partial charge in [-0.1, -0.05) is 126 Å². The quantitative estimate of drug-likeness (QED) is 0.0201. The molecule has 0 bridgehead atoms. The molecule has 0 heterocycles. The number of Topliss-reactive ketones (excluding diaryl/α,β-unsaturated/α-hetero) is 1. The molecule has 350 valence electrons. The fourth-order valence-corrected chi connectivity index (χ4v) is 7.38. The summed E-state index contributed by atoms with van der Waals surface area (Å²) < 4.78 is 33.8. The van der Waals surface area contributed by atoms with E-state index in [0.29, 0.717) is 49.6 Å². The standard InChI is InChI=1S/C48H82NO11P/c1-6-8-10-11-12-13-14-15-16-17-18-19-20-21-22-23-28-32-47(53)57-39-42(40-59-61(55,56)58-37-36-49(3,4)5)60-48(54)33-29-25-24-27-31-43-44(46(52)38-45(43)51)35-34-41(50)30-26-9-7-2/h15-16,18-19,21-22,24,27,34-35,41-45,50-51H,6-14,17,20,23,25-26,28-33,36-40H2,1-5H3/b16-15-,19-18-,22-21-,27-24-,35-34+/t41-,42+,43+,44+,45-/m0/s1. The molecule has 0 aliphatic heterocycles. The largest absolute Gasteiger partial charge is 0.756 e. The van der Waals surface area contributed by atoms with Gasteiger partial charge in [-0.3, -0.25) is 18.9 Å². The van der Waals surface area contributed by atoms with E-state index in [-0.39, 0.29) is 44.2 Å². The first-order valence-electron chi connectivity index (χ1n) is 23.1. The molecule has 2 N–H and O–H groups in total. The highest BCUT2D eigenvalue weighted by Crippen LogP contribution is 2.38. The van der Waals surface area contributed by atoms with Crippen molar-refractivity contribution in [3.05, 3.63) is 60.8 Å². The summed E-state index contributed by atoms with van der Waals surface area (Å²) in [6.45, 7) is 3.73. The van der Waals surface area contributed by atoms with Crippen LogP contribution in [-0.4, -0.2) is 98.2 Å². The Bertz CT molecular complexity index is 1390. The van der Waals surface area contributed by atoms with E-state index in [0.717, 1.165) is 38.5 Å². The number of phosphoric acid groups is 1. The number of carbonyl (C=O) groups is 3. The van der Waals surface area contributed by atoms with E-state index in [2.05, 4.69) is 44.2 Å². The van der Waals surface area contributed by atoms with Crippen LogP contribution in [0.3, 0.4) is 0 Å². The molecule has 1 aliphatic rings. The maximum Gasteiger partial charge on any atom is 0.306 e. The Labute approximate surface area is 368 Å². The number of ether oxygens (including phenoxy) is 2. The molecule has 0 aromatic heterocycles. The number of aliphatic hydroxyl groups excluding tert-OH is 2. The number of aliphatic hydroxyl groups is 2. The second-order valence-corrected chi connectivity index (χ2v) is 18.6.